The topological polar surface area (TPSA) is 59.4 Å². The summed E-state index contributed by atoms with van der Waals surface area (Å²) in [5.74, 6) is -0.354. The number of carbonyl (C=O) groups is 1. The molecule has 0 spiro atoms. The maximum absolute atomic E-state index is 11.7. The minimum absolute atomic E-state index is 0.111. The zero-order valence-electron chi connectivity index (χ0n) is 9.07. The van der Waals surface area contributed by atoms with Crippen molar-refractivity contribution in [3.63, 3.8) is 0 Å². The highest BCUT2D eigenvalue weighted by atomic mass is 79.9. The number of aromatic nitrogens is 1. The smallest absolute Gasteiger partial charge is 0.349 e. The summed E-state index contributed by atoms with van der Waals surface area (Å²) in [7, 11) is 0. The zero-order valence-corrected chi connectivity index (χ0v) is 11.5. The van der Waals surface area contributed by atoms with Gasteiger partial charge in [-0.25, -0.2) is 9.78 Å². The molecule has 0 radical (unpaired) electrons. The van der Waals surface area contributed by atoms with E-state index in [-0.39, 0.29) is 12.6 Å². The van der Waals surface area contributed by atoms with Crippen molar-refractivity contribution in [3.8, 4) is 0 Å². The molecule has 0 bridgehead atoms. The van der Waals surface area contributed by atoms with E-state index >= 15 is 0 Å². The summed E-state index contributed by atoms with van der Waals surface area (Å²) in [5.41, 5.74) is 0.585. The fraction of sp³-hybridized carbons (Fsp3) is 0.273. The number of aliphatic hydroxyl groups excluding tert-OH is 1. The van der Waals surface area contributed by atoms with Crippen LogP contribution < -0.4 is 0 Å². The highest BCUT2D eigenvalue weighted by Gasteiger charge is 2.18. The van der Waals surface area contributed by atoms with Crippen molar-refractivity contribution in [3.05, 3.63) is 27.2 Å². The summed E-state index contributed by atoms with van der Waals surface area (Å²) in [4.78, 5) is 17.1. The molecular weight excluding hydrogens is 306 g/mol. The summed E-state index contributed by atoms with van der Waals surface area (Å²) in [5, 5.41) is 9.86. The molecule has 0 aromatic carbocycles. The van der Waals surface area contributed by atoms with Crippen molar-refractivity contribution in [2.75, 3.05) is 6.61 Å². The standard InChI is InChI=1S/C11H10BrNO3S/c1-2-16-11(15)9-8(12)7-4-3-6(5-14)13-10(7)17-9/h3-4,14H,2,5H2,1H3. The van der Waals surface area contributed by atoms with Gasteiger partial charge in [0.05, 0.1) is 23.4 Å². The minimum Gasteiger partial charge on any atom is -0.462 e. The summed E-state index contributed by atoms with van der Waals surface area (Å²) < 4.78 is 5.66. The lowest BCUT2D eigenvalue weighted by atomic mass is 10.3. The Morgan fingerprint density at radius 1 is 1.59 bits per heavy atom. The van der Waals surface area contributed by atoms with Gasteiger partial charge < -0.3 is 9.84 Å². The van der Waals surface area contributed by atoms with E-state index < -0.39 is 0 Å². The first-order valence-corrected chi connectivity index (χ1v) is 6.64. The van der Waals surface area contributed by atoms with E-state index in [9.17, 15) is 4.79 Å². The second-order valence-corrected chi connectivity index (χ2v) is 5.07. The molecule has 90 valence electrons. The van der Waals surface area contributed by atoms with Gasteiger partial charge in [-0.1, -0.05) is 0 Å². The van der Waals surface area contributed by atoms with Gasteiger partial charge in [0, 0.05) is 5.39 Å². The van der Waals surface area contributed by atoms with Crippen LogP contribution in [0.2, 0.25) is 0 Å². The van der Waals surface area contributed by atoms with Gasteiger partial charge in [-0.15, -0.1) is 11.3 Å². The quantitative estimate of drug-likeness (QED) is 0.885. The number of esters is 1. The highest BCUT2D eigenvalue weighted by molar-refractivity contribution is 9.10. The van der Waals surface area contributed by atoms with Crippen LogP contribution in [-0.4, -0.2) is 22.7 Å². The van der Waals surface area contributed by atoms with E-state index in [0.717, 1.165) is 5.39 Å². The Hall–Kier alpha value is -0.980. The van der Waals surface area contributed by atoms with Crippen LogP contribution in [0, 0.1) is 0 Å². The Morgan fingerprint density at radius 2 is 2.35 bits per heavy atom. The average molecular weight is 316 g/mol. The number of carbonyl (C=O) groups excluding carboxylic acids is 1. The fourth-order valence-electron chi connectivity index (χ4n) is 1.40. The van der Waals surface area contributed by atoms with Crippen molar-refractivity contribution >= 4 is 43.5 Å². The number of pyridine rings is 1. The van der Waals surface area contributed by atoms with E-state index in [1.165, 1.54) is 11.3 Å². The first-order valence-electron chi connectivity index (χ1n) is 5.03. The Balaban J connectivity index is 2.52. The van der Waals surface area contributed by atoms with Crippen LogP contribution in [0.4, 0.5) is 0 Å². The zero-order chi connectivity index (χ0) is 12.4. The molecule has 0 aliphatic rings. The monoisotopic (exact) mass is 315 g/mol. The van der Waals surface area contributed by atoms with Crippen LogP contribution in [0.15, 0.2) is 16.6 Å². The van der Waals surface area contributed by atoms with Crippen LogP contribution >= 0.6 is 27.3 Å². The van der Waals surface area contributed by atoms with E-state index in [1.54, 1.807) is 13.0 Å². The highest BCUT2D eigenvalue weighted by Crippen LogP contribution is 2.35. The lowest BCUT2D eigenvalue weighted by Crippen LogP contribution is -2.02. The van der Waals surface area contributed by atoms with Crippen LogP contribution in [0.5, 0.6) is 0 Å². The van der Waals surface area contributed by atoms with Crippen molar-refractivity contribution in [1.82, 2.24) is 4.98 Å². The second kappa shape index (κ2) is 5.12. The first kappa shape index (κ1) is 12.5. The first-order chi connectivity index (χ1) is 8.17. The second-order valence-electron chi connectivity index (χ2n) is 3.28. The van der Waals surface area contributed by atoms with E-state index in [0.29, 0.717) is 26.5 Å². The molecule has 0 unspecified atom stereocenters. The normalized spacial score (nSPS) is 10.8. The molecule has 0 aliphatic carbocycles. The lowest BCUT2D eigenvalue weighted by molar-refractivity contribution is 0.0531. The third-order valence-corrected chi connectivity index (χ3v) is 4.34. The van der Waals surface area contributed by atoms with Gasteiger partial charge in [-0.3, -0.25) is 0 Å². The van der Waals surface area contributed by atoms with Gasteiger partial charge in [-0.2, -0.15) is 0 Å². The van der Waals surface area contributed by atoms with Crippen molar-refractivity contribution < 1.29 is 14.6 Å². The fourth-order valence-corrected chi connectivity index (χ4v) is 3.24. The number of ether oxygens (including phenoxy) is 1. The minimum atomic E-state index is -0.354. The summed E-state index contributed by atoms with van der Waals surface area (Å²) >= 11 is 4.63. The molecule has 0 saturated heterocycles. The van der Waals surface area contributed by atoms with Crippen molar-refractivity contribution in [2.24, 2.45) is 0 Å². The Labute approximate surface area is 110 Å². The number of hydrogen-bond donors (Lipinski definition) is 1. The van der Waals surface area contributed by atoms with Gasteiger partial charge in [-0.05, 0) is 35.0 Å². The summed E-state index contributed by atoms with van der Waals surface area (Å²) in [6, 6.07) is 3.56. The molecule has 6 heteroatoms. The van der Waals surface area contributed by atoms with Gasteiger partial charge in [0.15, 0.2) is 0 Å². The number of aliphatic hydroxyl groups is 1. The van der Waals surface area contributed by atoms with Crippen LogP contribution in [0.3, 0.4) is 0 Å². The van der Waals surface area contributed by atoms with Gasteiger partial charge in [0.1, 0.15) is 9.71 Å². The average Bonchev–Trinajstić information content (AvgIpc) is 2.66. The van der Waals surface area contributed by atoms with Gasteiger partial charge in [0.25, 0.3) is 0 Å². The van der Waals surface area contributed by atoms with Gasteiger partial charge >= 0.3 is 5.97 Å². The van der Waals surface area contributed by atoms with Crippen molar-refractivity contribution in [2.45, 2.75) is 13.5 Å². The van der Waals surface area contributed by atoms with Crippen LogP contribution in [-0.2, 0) is 11.3 Å². The van der Waals surface area contributed by atoms with Gasteiger partial charge in [0.2, 0.25) is 0 Å². The Kier molecular flexibility index (Phi) is 3.76. The maximum Gasteiger partial charge on any atom is 0.349 e. The van der Waals surface area contributed by atoms with E-state index in [2.05, 4.69) is 20.9 Å². The number of nitrogens with zero attached hydrogens (tertiary/aromatic N) is 1. The molecule has 0 amide bonds. The Morgan fingerprint density at radius 3 is 3.00 bits per heavy atom. The maximum atomic E-state index is 11.7. The molecule has 0 aliphatic heterocycles. The molecular formula is C11H10BrNO3S. The predicted octanol–water partition coefficient (Wildman–Crippen LogP) is 2.73. The molecule has 17 heavy (non-hydrogen) atoms. The molecule has 1 N–H and O–H groups in total. The van der Waals surface area contributed by atoms with Crippen LogP contribution in [0.25, 0.3) is 10.2 Å². The number of fused-ring (bicyclic) bond motifs is 1. The van der Waals surface area contributed by atoms with Crippen molar-refractivity contribution in [1.29, 1.82) is 0 Å². The Bertz CT molecular complexity index is 567. The third-order valence-electron chi connectivity index (χ3n) is 2.18. The number of hydrogen-bond acceptors (Lipinski definition) is 5. The molecule has 4 nitrogen and oxygen atoms in total. The number of halogens is 1. The molecule has 2 rings (SSSR count). The lowest BCUT2D eigenvalue weighted by Gasteiger charge is -1.98. The largest absolute Gasteiger partial charge is 0.462 e. The third kappa shape index (κ3) is 2.34. The van der Waals surface area contributed by atoms with Crippen LogP contribution in [0.1, 0.15) is 22.3 Å². The summed E-state index contributed by atoms with van der Waals surface area (Å²) in [6.45, 7) is 2.00. The molecule has 0 atom stereocenters. The molecule has 2 aromatic rings. The molecule has 2 heterocycles. The number of thiophene rings is 1. The van der Waals surface area contributed by atoms with E-state index in [1.807, 2.05) is 6.07 Å². The van der Waals surface area contributed by atoms with E-state index in [4.69, 9.17) is 9.84 Å². The SMILES string of the molecule is CCOC(=O)c1sc2nc(CO)ccc2c1Br. The molecule has 0 saturated carbocycles. The molecule has 0 fully saturated rings. The predicted molar refractivity (Wildman–Crippen MR) is 69.2 cm³/mol. The number of rotatable bonds is 3. The molecule has 2 aromatic heterocycles. The summed E-state index contributed by atoms with van der Waals surface area (Å²) in [6.07, 6.45) is 0.